The molecular weight excluding hydrogens is 366 g/mol. The molecule has 2 N–H and O–H groups in total. The third-order valence-corrected chi connectivity index (χ3v) is 5.73. The molecule has 2 amide bonds. The zero-order valence-electron chi connectivity index (χ0n) is 15.3. The van der Waals surface area contributed by atoms with E-state index in [1.54, 1.807) is 6.26 Å². The van der Waals surface area contributed by atoms with Crippen LogP contribution in [0.4, 0.5) is 0 Å². The van der Waals surface area contributed by atoms with Crippen molar-refractivity contribution in [3.05, 3.63) is 36.1 Å². The summed E-state index contributed by atoms with van der Waals surface area (Å²) in [6.45, 7) is 2.75. The van der Waals surface area contributed by atoms with Crippen molar-refractivity contribution in [3.8, 4) is 0 Å². The summed E-state index contributed by atoms with van der Waals surface area (Å²) in [5.74, 6) is 0.669. The third kappa shape index (κ3) is 3.82. The van der Waals surface area contributed by atoms with Crippen LogP contribution in [0.15, 0.2) is 34.9 Å². The zero-order chi connectivity index (χ0) is 18.1. The number of benzene rings is 1. The molecule has 1 aromatic heterocycles. The predicted octanol–water partition coefficient (Wildman–Crippen LogP) is 2.66. The number of carbonyl (C=O) groups excluding carboxylic acids is 2. The molecule has 7 heteroatoms. The van der Waals surface area contributed by atoms with Gasteiger partial charge < -0.3 is 20.0 Å². The van der Waals surface area contributed by atoms with Crippen LogP contribution in [0.1, 0.15) is 36.0 Å². The van der Waals surface area contributed by atoms with Gasteiger partial charge in [-0.2, -0.15) is 0 Å². The number of piperidine rings is 2. The molecule has 0 bridgehead atoms. The molecular formula is C20H26ClN3O3. The summed E-state index contributed by atoms with van der Waals surface area (Å²) in [6, 6.07) is 7.70. The van der Waals surface area contributed by atoms with Crippen molar-refractivity contribution in [2.75, 3.05) is 26.2 Å². The van der Waals surface area contributed by atoms with Gasteiger partial charge in [-0.3, -0.25) is 9.59 Å². The summed E-state index contributed by atoms with van der Waals surface area (Å²) in [5, 5.41) is 0.946. The van der Waals surface area contributed by atoms with Crippen LogP contribution in [-0.4, -0.2) is 53.8 Å². The number of fused-ring (bicyclic) bond motifs is 2. The SMILES string of the molecule is Cl.NCCCN1C(=O)CC[C@H]2CN(C(=O)c3ccc4occc4c3)CC[C@H]21. The Labute approximate surface area is 165 Å². The first-order valence-corrected chi connectivity index (χ1v) is 9.43. The van der Waals surface area contributed by atoms with Crippen molar-refractivity contribution in [3.63, 3.8) is 0 Å². The minimum atomic E-state index is 0. The number of rotatable bonds is 4. The molecule has 2 fully saturated rings. The molecule has 0 aliphatic carbocycles. The zero-order valence-corrected chi connectivity index (χ0v) is 16.1. The smallest absolute Gasteiger partial charge is 0.253 e. The van der Waals surface area contributed by atoms with Gasteiger partial charge in [0.05, 0.1) is 6.26 Å². The number of likely N-dealkylation sites (tertiary alicyclic amines) is 2. The maximum atomic E-state index is 13.0. The van der Waals surface area contributed by atoms with Crippen molar-refractivity contribution in [2.45, 2.75) is 31.7 Å². The first-order valence-electron chi connectivity index (χ1n) is 9.43. The first kappa shape index (κ1) is 19.7. The Bertz CT molecular complexity index is 822. The molecule has 2 atom stereocenters. The summed E-state index contributed by atoms with van der Waals surface area (Å²) in [5.41, 5.74) is 7.11. The van der Waals surface area contributed by atoms with Gasteiger partial charge in [0.25, 0.3) is 5.91 Å². The van der Waals surface area contributed by atoms with Crippen LogP contribution in [0.25, 0.3) is 11.0 Å². The van der Waals surface area contributed by atoms with Gasteiger partial charge in [-0.15, -0.1) is 12.4 Å². The molecule has 3 heterocycles. The van der Waals surface area contributed by atoms with Crippen LogP contribution in [0.3, 0.4) is 0 Å². The van der Waals surface area contributed by atoms with E-state index in [9.17, 15) is 9.59 Å². The lowest BCUT2D eigenvalue weighted by Gasteiger charge is -2.47. The van der Waals surface area contributed by atoms with E-state index < -0.39 is 0 Å². The fourth-order valence-corrected chi connectivity index (χ4v) is 4.37. The second-order valence-corrected chi connectivity index (χ2v) is 7.31. The second kappa shape index (κ2) is 8.31. The lowest BCUT2D eigenvalue weighted by Crippen LogP contribution is -2.57. The Morgan fingerprint density at radius 1 is 1.26 bits per heavy atom. The Balaban J connectivity index is 0.00000210. The first-order chi connectivity index (χ1) is 12.7. The van der Waals surface area contributed by atoms with Crippen LogP contribution >= 0.6 is 12.4 Å². The van der Waals surface area contributed by atoms with Crippen LogP contribution in [-0.2, 0) is 4.79 Å². The highest BCUT2D eigenvalue weighted by Gasteiger charge is 2.40. The van der Waals surface area contributed by atoms with Crippen molar-refractivity contribution < 1.29 is 14.0 Å². The molecule has 146 valence electrons. The Hall–Kier alpha value is -2.05. The van der Waals surface area contributed by atoms with Crippen LogP contribution in [0.2, 0.25) is 0 Å². The van der Waals surface area contributed by atoms with Gasteiger partial charge in [0, 0.05) is 43.0 Å². The van der Waals surface area contributed by atoms with Crippen molar-refractivity contribution in [1.29, 1.82) is 0 Å². The number of carbonyl (C=O) groups is 2. The van der Waals surface area contributed by atoms with Gasteiger partial charge in [0.1, 0.15) is 5.58 Å². The number of furan rings is 1. The van der Waals surface area contributed by atoms with Crippen molar-refractivity contribution in [2.24, 2.45) is 11.7 Å². The highest BCUT2D eigenvalue weighted by molar-refractivity contribution is 5.97. The average molecular weight is 392 g/mol. The van der Waals surface area contributed by atoms with E-state index in [4.69, 9.17) is 10.2 Å². The minimum absolute atomic E-state index is 0. The lowest BCUT2D eigenvalue weighted by atomic mass is 9.83. The van der Waals surface area contributed by atoms with Gasteiger partial charge in [0.2, 0.25) is 5.91 Å². The standard InChI is InChI=1S/C20H25N3O3.ClH/c21-8-1-9-23-17-6-10-22(13-16(17)3-5-19(23)24)20(25)15-2-4-18-14(12-15)7-11-26-18;/h2,4,7,11-12,16-17H,1,3,5-6,8-10,13,21H2;1H/t16-,17+;/m0./s1. The number of nitrogens with two attached hydrogens (primary N) is 1. The summed E-state index contributed by atoms with van der Waals surface area (Å²) in [4.78, 5) is 29.2. The van der Waals surface area contributed by atoms with Crippen LogP contribution in [0, 0.1) is 5.92 Å². The Morgan fingerprint density at radius 3 is 2.93 bits per heavy atom. The van der Waals surface area contributed by atoms with Gasteiger partial charge in [0.15, 0.2) is 0 Å². The largest absolute Gasteiger partial charge is 0.464 e. The average Bonchev–Trinajstić information content (AvgIpc) is 3.14. The number of hydrogen-bond donors (Lipinski definition) is 1. The van der Waals surface area contributed by atoms with E-state index in [0.717, 1.165) is 43.3 Å². The molecule has 0 saturated carbocycles. The maximum absolute atomic E-state index is 13.0. The van der Waals surface area contributed by atoms with Crippen LogP contribution < -0.4 is 5.73 Å². The molecule has 2 aliphatic rings. The molecule has 2 aliphatic heterocycles. The maximum Gasteiger partial charge on any atom is 0.253 e. The highest BCUT2D eigenvalue weighted by atomic mass is 35.5. The van der Waals surface area contributed by atoms with Crippen molar-refractivity contribution in [1.82, 2.24) is 9.80 Å². The fraction of sp³-hybridized carbons (Fsp3) is 0.500. The fourth-order valence-electron chi connectivity index (χ4n) is 4.37. The van der Waals surface area contributed by atoms with E-state index in [1.807, 2.05) is 34.1 Å². The van der Waals surface area contributed by atoms with Gasteiger partial charge in [-0.05, 0) is 56.0 Å². The molecule has 0 spiro atoms. The Kier molecular flexibility index (Phi) is 6.07. The molecule has 0 unspecified atom stereocenters. The Morgan fingerprint density at radius 2 is 2.11 bits per heavy atom. The highest BCUT2D eigenvalue weighted by Crippen LogP contribution is 2.32. The van der Waals surface area contributed by atoms with E-state index in [2.05, 4.69) is 0 Å². The molecule has 0 radical (unpaired) electrons. The van der Waals surface area contributed by atoms with Crippen LogP contribution in [0.5, 0.6) is 0 Å². The van der Waals surface area contributed by atoms with Gasteiger partial charge in [-0.1, -0.05) is 0 Å². The second-order valence-electron chi connectivity index (χ2n) is 7.31. The molecule has 6 nitrogen and oxygen atoms in total. The van der Waals surface area contributed by atoms with E-state index in [0.29, 0.717) is 31.0 Å². The minimum Gasteiger partial charge on any atom is -0.464 e. The normalized spacial score (nSPS) is 22.5. The monoisotopic (exact) mass is 391 g/mol. The summed E-state index contributed by atoms with van der Waals surface area (Å²) >= 11 is 0. The molecule has 27 heavy (non-hydrogen) atoms. The molecule has 2 aromatic rings. The lowest BCUT2D eigenvalue weighted by molar-refractivity contribution is -0.140. The van der Waals surface area contributed by atoms with Gasteiger partial charge >= 0.3 is 0 Å². The van der Waals surface area contributed by atoms with Gasteiger partial charge in [-0.25, -0.2) is 0 Å². The number of amides is 2. The third-order valence-electron chi connectivity index (χ3n) is 5.73. The predicted molar refractivity (Wildman–Crippen MR) is 106 cm³/mol. The summed E-state index contributed by atoms with van der Waals surface area (Å²) in [7, 11) is 0. The number of hydrogen-bond acceptors (Lipinski definition) is 4. The van der Waals surface area contributed by atoms with E-state index in [-0.39, 0.29) is 30.3 Å². The number of halogens is 1. The molecule has 2 saturated heterocycles. The number of nitrogens with zero attached hydrogens (tertiary/aromatic N) is 2. The van der Waals surface area contributed by atoms with Crippen molar-refractivity contribution >= 4 is 35.2 Å². The molecule has 1 aromatic carbocycles. The summed E-state index contributed by atoms with van der Waals surface area (Å²) < 4.78 is 5.35. The topological polar surface area (TPSA) is 79.8 Å². The molecule has 4 rings (SSSR count). The summed E-state index contributed by atoms with van der Waals surface area (Å²) in [6.07, 6.45) is 4.77. The van der Waals surface area contributed by atoms with E-state index >= 15 is 0 Å². The van der Waals surface area contributed by atoms with E-state index in [1.165, 1.54) is 0 Å². The quantitative estimate of drug-likeness (QED) is 0.868.